The number of hydrogen-bond acceptors (Lipinski definition) is 4. The third-order valence-corrected chi connectivity index (χ3v) is 4.44. The van der Waals surface area contributed by atoms with Crippen molar-refractivity contribution in [2.45, 2.75) is 18.4 Å². The number of halogens is 6. The van der Waals surface area contributed by atoms with E-state index in [0.717, 1.165) is 24.3 Å². The zero-order valence-corrected chi connectivity index (χ0v) is 16.2. The lowest BCUT2D eigenvalue weighted by atomic mass is 10.1. The maximum atomic E-state index is 12.8. The smallest absolute Gasteiger partial charge is 0.416 e. The minimum Gasteiger partial charge on any atom is -0.467 e. The zero-order valence-electron chi connectivity index (χ0n) is 16.2. The van der Waals surface area contributed by atoms with Gasteiger partial charge in [-0.05, 0) is 60.7 Å². The highest BCUT2D eigenvalue weighted by Gasteiger charge is 2.31. The van der Waals surface area contributed by atoms with E-state index < -0.39 is 29.5 Å². The number of nitrogens with one attached hydrogen (secondary N) is 2. The second-order valence-electron chi connectivity index (χ2n) is 6.65. The van der Waals surface area contributed by atoms with E-state index in [0.29, 0.717) is 23.4 Å². The first-order chi connectivity index (χ1) is 15.1. The summed E-state index contributed by atoms with van der Waals surface area (Å²) in [7, 11) is 0. The lowest BCUT2D eigenvalue weighted by Gasteiger charge is -2.19. The van der Waals surface area contributed by atoms with Crippen molar-refractivity contribution >= 4 is 17.7 Å². The lowest BCUT2D eigenvalue weighted by molar-refractivity contribution is -0.138. The monoisotopic (exact) mass is 454 g/mol. The third-order valence-electron chi connectivity index (χ3n) is 4.44. The van der Waals surface area contributed by atoms with Crippen LogP contribution in [0.5, 0.6) is 0 Å². The highest BCUT2D eigenvalue weighted by atomic mass is 19.4. The summed E-state index contributed by atoms with van der Waals surface area (Å²) < 4.78 is 81.7. The van der Waals surface area contributed by atoms with Gasteiger partial charge < -0.3 is 15.1 Å². The standard InChI is InChI=1S/C22H16F6N2O2/c23-21(24,25)15-3-7-17(8-4-15)29-12-14(13-31)20(19-2-1-11-32-19)30-18-9-5-16(6-10-18)22(26,27)28/h1-13,20,29-30H/b14-12+/t20-/m0/s1. The Labute approximate surface area is 178 Å². The van der Waals surface area contributed by atoms with Crippen molar-refractivity contribution in [3.63, 3.8) is 0 Å². The molecule has 1 atom stereocenters. The van der Waals surface area contributed by atoms with Crippen LogP contribution >= 0.6 is 0 Å². The van der Waals surface area contributed by atoms with Gasteiger partial charge in [0, 0.05) is 23.1 Å². The SMILES string of the molecule is O=C/C(=C\Nc1ccc(C(F)(F)F)cc1)[C@H](Nc1ccc(C(F)(F)F)cc1)c1ccco1. The Morgan fingerprint density at radius 2 is 1.34 bits per heavy atom. The molecule has 0 radical (unpaired) electrons. The van der Waals surface area contributed by atoms with Gasteiger partial charge in [0.1, 0.15) is 18.1 Å². The van der Waals surface area contributed by atoms with Crippen molar-refractivity contribution < 1.29 is 35.6 Å². The van der Waals surface area contributed by atoms with E-state index >= 15 is 0 Å². The summed E-state index contributed by atoms with van der Waals surface area (Å²) in [6, 6.07) is 10.7. The maximum Gasteiger partial charge on any atom is 0.416 e. The highest BCUT2D eigenvalue weighted by Crippen LogP contribution is 2.32. The van der Waals surface area contributed by atoms with E-state index in [2.05, 4.69) is 10.6 Å². The van der Waals surface area contributed by atoms with Crippen LogP contribution in [0, 0.1) is 0 Å². The Morgan fingerprint density at radius 3 is 1.78 bits per heavy atom. The predicted octanol–water partition coefficient (Wildman–Crippen LogP) is 6.67. The summed E-state index contributed by atoms with van der Waals surface area (Å²) in [5.74, 6) is 0.303. The van der Waals surface area contributed by atoms with Crippen LogP contribution in [0.15, 0.2) is 83.1 Å². The number of anilines is 2. The second kappa shape index (κ2) is 9.21. The first-order valence-electron chi connectivity index (χ1n) is 9.14. The van der Waals surface area contributed by atoms with E-state index in [1.807, 2.05) is 0 Å². The van der Waals surface area contributed by atoms with Gasteiger partial charge in [-0.25, -0.2) is 0 Å². The third kappa shape index (κ3) is 5.71. The van der Waals surface area contributed by atoms with E-state index in [-0.39, 0.29) is 5.57 Å². The average Bonchev–Trinajstić information content (AvgIpc) is 3.27. The molecular formula is C22H16F6N2O2. The van der Waals surface area contributed by atoms with Gasteiger partial charge in [-0.2, -0.15) is 26.3 Å². The van der Waals surface area contributed by atoms with Gasteiger partial charge in [-0.1, -0.05) is 0 Å². The summed E-state index contributed by atoms with van der Waals surface area (Å²) in [5.41, 5.74) is -0.959. The van der Waals surface area contributed by atoms with Crippen LogP contribution < -0.4 is 10.6 Å². The van der Waals surface area contributed by atoms with E-state index in [1.165, 1.54) is 36.7 Å². The van der Waals surface area contributed by atoms with Gasteiger partial charge in [0.25, 0.3) is 0 Å². The molecule has 0 saturated heterocycles. The minimum atomic E-state index is -4.49. The number of benzene rings is 2. The van der Waals surface area contributed by atoms with E-state index in [4.69, 9.17) is 4.42 Å². The van der Waals surface area contributed by atoms with Gasteiger partial charge in [0.15, 0.2) is 0 Å². The average molecular weight is 454 g/mol. The Hall–Kier alpha value is -3.69. The Kier molecular flexibility index (Phi) is 6.61. The van der Waals surface area contributed by atoms with Crippen LogP contribution in [-0.4, -0.2) is 6.29 Å². The number of carbonyl (C=O) groups is 1. The molecule has 0 saturated carbocycles. The molecule has 0 aliphatic rings. The summed E-state index contributed by atoms with van der Waals surface area (Å²) >= 11 is 0. The molecule has 3 rings (SSSR count). The second-order valence-corrected chi connectivity index (χ2v) is 6.65. The van der Waals surface area contributed by atoms with Gasteiger partial charge in [0.05, 0.1) is 17.4 Å². The number of aldehydes is 1. The van der Waals surface area contributed by atoms with Crippen LogP contribution in [0.2, 0.25) is 0 Å². The van der Waals surface area contributed by atoms with E-state index in [1.54, 1.807) is 12.1 Å². The summed E-state index contributed by atoms with van der Waals surface area (Å²) in [6.45, 7) is 0. The molecule has 1 heterocycles. The molecule has 3 aromatic rings. The van der Waals surface area contributed by atoms with Gasteiger partial charge in [-0.15, -0.1) is 0 Å². The van der Waals surface area contributed by atoms with Crippen molar-refractivity contribution in [3.8, 4) is 0 Å². The molecule has 1 aromatic heterocycles. The van der Waals surface area contributed by atoms with Gasteiger partial charge in [-0.3, -0.25) is 4.79 Å². The molecule has 0 unspecified atom stereocenters. The topological polar surface area (TPSA) is 54.3 Å². The first kappa shape index (κ1) is 23.0. The largest absolute Gasteiger partial charge is 0.467 e. The normalized spacial score (nSPS) is 13.5. The molecule has 2 aromatic carbocycles. The number of carbonyl (C=O) groups excluding carboxylic acids is 1. The maximum absolute atomic E-state index is 12.8. The van der Waals surface area contributed by atoms with Crippen molar-refractivity contribution in [1.29, 1.82) is 0 Å². The molecule has 0 fully saturated rings. The van der Waals surface area contributed by atoms with Crippen LogP contribution in [0.3, 0.4) is 0 Å². The molecule has 4 nitrogen and oxygen atoms in total. The molecule has 0 amide bonds. The van der Waals surface area contributed by atoms with Gasteiger partial charge >= 0.3 is 12.4 Å². The number of rotatable bonds is 7. The molecule has 0 aliphatic heterocycles. The fourth-order valence-electron chi connectivity index (χ4n) is 2.80. The quantitative estimate of drug-likeness (QED) is 0.238. The molecule has 32 heavy (non-hydrogen) atoms. The Morgan fingerprint density at radius 1 is 0.812 bits per heavy atom. The molecular weight excluding hydrogens is 438 g/mol. The lowest BCUT2D eigenvalue weighted by Crippen LogP contribution is -2.15. The molecule has 168 valence electrons. The highest BCUT2D eigenvalue weighted by molar-refractivity contribution is 5.78. The van der Waals surface area contributed by atoms with Gasteiger partial charge in [0.2, 0.25) is 0 Å². The summed E-state index contributed by atoms with van der Waals surface area (Å²) in [6.07, 6.45) is -5.82. The summed E-state index contributed by atoms with van der Waals surface area (Å²) in [5, 5.41) is 5.67. The molecule has 2 N–H and O–H groups in total. The van der Waals surface area contributed by atoms with Crippen molar-refractivity contribution in [1.82, 2.24) is 0 Å². The first-order valence-corrected chi connectivity index (χ1v) is 9.14. The van der Waals surface area contributed by atoms with Crippen molar-refractivity contribution in [2.24, 2.45) is 0 Å². The molecule has 0 aliphatic carbocycles. The number of hydrogen-bond donors (Lipinski definition) is 2. The Bertz CT molecular complexity index is 1050. The number of furan rings is 1. The van der Waals surface area contributed by atoms with Crippen LogP contribution in [0.25, 0.3) is 0 Å². The van der Waals surface area contributed by atoms with Crippen LogP contribution in [0.1, 0.15) is 22.9 Å². The molecule has 10 heteroatoms. The Balaban J connectivity index is 1.83. The van der Waals surface area contributed by atoms with Crippen molar-refractivity contribution in [3.05, 3.63) is 95.6 Å². The fourth-order valence-corrected chi connectivity index (χ4v) is 2.80. The molecule has 0 bridgehead atoms. The summed E-state index contributed by atoms with van der Waals surface area (Å²) in [4.78, 5) is 11.7. The zero-order chi connectivity index (χ0) is 23.4. The predicted molar refractivity (Wildman–Crippen MR) is 106 cm³/mol. The molecule has 0 spiro atoms. The van der Waals surface area contributed by atoms with Crippen LogP contribution in [0.4, 0.5) is 37.7 Å². The number of alkyl halides is 6. The minimum absolute atomic E-state index is 0.0970. The van der Waals surface area contributed by atoms with Crippen LogP contribution in [-0.2, 0) is 17.1 Å². The van der Waals surface area contributed by atoms with E-state index in [9.17, 15) is 31.1 Å². The fraction of sp³-hybridized carbons (Fsp3) is 0.136. The van der Waals surface area contributed by atoms with Crippen molar-refractivity contribution in [2.75, 3.05) is 10.6 Å².